The molecule has 0 N–H and O–H groups in total. The second-order valence-corrected chi connectivity index (χ2v) is 6.30. The number of aldehydes is 1. The molecule has 1 aliphatic rings. The lowest BCUT2D eigenvalue weighted by atomic mass is 10.0. The Morgan fingerprint density at radius 1 is 1.12 bits per heavy atom. The molecule has 25 heavy (non-hydrogen) atoms. The van der Waals surface area contributed by atoms with Crippen molar-refractivity contribution in [3.63, 3.8) is 0 Å². The van der Waals surface area contributed by atoms with Crippen molar-refractivity contribution in [3.05, 3.63) is 65.7 Å². The van der Waals surface area contributed by atoms with E-state index in [1.165, 1.54) is 0 Å². The summed E-state index contributed by atoms with van der Waals surface area (Å²) in [6, 6.07) is 18.3. The summed E-state index contributed by atoms with van der Waals surface area (Å²) >= 11 is 0. The van der Waals surface area contributed by atoms with E-state index in [0.717, 1.165) is 48.0 Å². The van der Waals surface area contributed by atoms with Gasteiger partial charge >= 0.3 is 0 Å². The summed E-state index contributed by atoms with van der Waals surface area (Å²) in [4.78, 5) is 18.5. The van der Waals surface area contributed by atoms with Crippen LogP contribution in [0.2, 0.25) is 0 Å². The minimum absolute atomic E-state index is 0.170. The van der Waals surface area contributed by atoms with Crippen LogP contribution >= 0.6 is 0 Å². The van der Waals surface area contributed by atoms with E-state index in [-0.39, 0.29) is 6.04 Å². The van der Waals surface area contributed by atoms with Crippen molar-refractivity contribution in [1.82, 2.24) is 4.98 Å². The van der Waals surface area contributed by atoms with Gasteiger partial charge in [-0.05, 0) is 37.1 Å². The molecular formula is C21H20N2O2. The third kappa shape index (κ3) is 2.74. The molecule has 0 aliphatic carbocycles. The molecule has 0 radical (unpaired) electrons. The number of aromatic nitrogens is 1. The first kappa shape index (κ1) is 15.6. The topological polar surface area (TPSA) is 42.4 Å². The van der Waals surface area contributed by atoms with Crippen LogP contribution in [0.5, 0.6) is 5.75 Å². The van der Waals surface area contributed by atoms with Gasteiger partial charge in [0.25, 0.3) is 0 Å². The van der Waals surface area contributed by atoms with Crippen molar-refractivity contribution in [1.29, 1.82) is 0 Å². The SMILES string of the molecule is COc1c(C=O)cccc1[C@@H]1CCCN1c1ccc2ccccc2n1. The minimum Gasteiger partial charge on any atom is -0.496 e. The average Bonchev–Trinajstić information content (AvgIpc) is 3.16. The molecule has 3 aromatic rings. The number of nitrogens with zero attached hydrogens (tertiary/aromatic N) is 2. The van der Waals surface area contributed by atoms with Crippen LogP contribution < -0.4 is 9.64 Å². The second-order valence-electron chi connectivity index (χ2n) is 6.30. The number of hydrogen-bond donors (Lipinski definition) is 0. The Morgan fingerprint density at radius 2 is 2.00 bits per heavy atom. The molecule has 4 heteroatoms. The summed E-state index contributed by atoms with van der Waals surface area (Å²) in [5.41, 5.74) is 2.65. The molecule has 0 unspecified atom stereocenters. The van der Waals surface area contributed by atoms with Gasteiger partial charge in [0.15, 0.2) is 6.29 Å². The maximum absolute atomic E-state index is 11.3. The van der Waals surface area contributed by atoms with Gasteiger partial charge in [0.2, 0.25) is 0 Å². The molecule has 0 amide bonds. The average molecular weight is 332 g/mol. The van der Waals surface area contributed by atoms with E-state index < -0.39 is 0 Å². The summed E-state index contributed by atoms with van der Waals surface area (Å²) < 4.78 is 5.56. The molecule has 1 aromatic heterocycles. The van der Waals surface area contributed by atoms with Crippen LogP contribution in [-0.4, -0.2) is 24.9 Å². The van der Waals surface area contributed by atoms with E-state index in [4.69, 9.17) is 9.72 Å². The standard InChI is InChI=1S/C21H20N2O2/c1-25-21-16(14-24)7-4-8-17(21)19-10-5-13-23(19)20-12-11-15-6-2-3-9-18(15)22-20/h2-4,6-9,11-12,14,19H,5,10,13H2,1H3/t19-/m0/s1. The van der Waals surface area contributed by atoms with Crippen LogP contribution in [0.3, 0.4) is 0 Å². The number of rotatable bonds is 4. The van der Waals surface area contributed by atoms with Gasteiger partial charge in [0.1, 0.15) is 11.6 Å². The fourth-order valence-electron chi connectivity index (χ4n) is 3.74. The fourth-order valence-corrected chi connectivity index (χ4v) is 3.74. The largest absolute Gasteiger partial charge is 0.496 e. The lowest BCUT2D eigenvalue weighted by Crippen LogP contribution is -2.24. The Kier molecular flexibility index (Phi) is 4.10. The van der Waals surface area contributed by atoms with E-state index in [9.17, 15) is 4.79 Å². The number of ether oxygens (including phenoxy) is 1. The number of methoxy groups -OCH3 is 1. The molecule has 2 heterocycles. The molecule has 2 aromatic carbocycles. The highest BCUT2D eigenvalue weighted by atomic mass is 16.5. The van der Waals surface area contributed by atoms with Crippen LogP contribution in [0.1, 0.15) is 34.8 Å². The van der Waals surface area contributed by atoms with Gasteiger partial charge in [-0.1, -0.05) is 30.3 Å². The molecule has 0 saturated carbocycles. The van der Waals surface area contributed by atoms with Crippen molar-refractivity contribution in [3.8, 4) is 5.75 Å². The first-order valence-electron chi connectivity index (χ1n) is 8.56. The Labute approximate surface area is 147 Å². The van der Waals surface area contributed by atoms with Gasteiger partial charge in [-0.15, -0.1) is 0 Å². The molecule has 0 bridgehead atoms. The quantitative estimate of drug-likeness (QED) is 0.664. The second kappa shape index (κ2) is 6.55. The number of fused-ring (bicyclic) bond motifs is 1. The number of carbonyl (C=O) groups excluding carboxylic acids is 1. The third-order valence-electron chi connectivity index (χ3n) is 4.90. The van der Waals surface area contributed by atoms with Crippen molar-refractivity contribution in [2.45, 2.75) is 18.9 Å². The number of anilines is 1. The van der Waals surface area contributed by atoms with Crippen LogP contribution in [-0.2, 0) is 0 Å². The number of pyridine rings is 1. The summed E-state index contributed by atoms with van der Waals surface area (Å²) in [5.74, 6) is 1.65. The highest BCUT2D eigenvalue weighted by molar-refractivity contribution is 5.81. The fraction of sp³-hybridized carbons (Fsp3) is 0.238. The van der Waals surface area contributed by atoms with Gasteiger partial charge in [0.05, 0.1) is 24.2 Å². The lowest BCUT2D eigenvalue weighted by molar-refractivity contribution is 0.112. The van der Waals surface area contributed by atoms with Crippen LogP contribution in [0.15, 0.2) is 54.6 Å². The van der Waals surface area contributed by atoms with Crippen molar-refractivity contribution in [2.24, 2.45) is 0 Å². The molecule has 1 aliphatic heterocycles. The third-order valence-corrected chi connectivity index (χ3v) is 4.90. The molecule has 126 valence electrons. The summed E-state index contributed by atoms with van der Waals surface area (Å²) in [6.07, 6.45) is 2.97. The molecular weight excluding hydrogens is 312 g/mol. The van der Waals surface area contributed by atoms with E-state index in [1.807, 2.05) is 24.3 Å². The van der Waals surface area contributed by atoms with E-state index >= 15 is 0 Å². The van der Waals surface area contributed by atoms with Crippen LogP contribution in [0.25, 0.3) is 10.9 Å². The smallest absolute Gasteiger partial charge is 0.153 e. The monoisotopic (exact) mass is 332 g/mol. The Bertz CT molecular complexity index is 923. The van der Waals surface area contributed by atoms with E-state index in [0.29, 0.717) is 11.3 Å². The molecule has 1 saturated heterocycles. The maximum Gasteiger partial charge on any atom is 0.153 e. The van der Waals surface area contributed by atoms with Crippen LogP contribution in [0, 0.1) is 0 Å². The van der Waals surface area contributed by atoms with Crippen molar-refractivity contribution < 1.29 is 9.53 Å². The van der Waals surface area contributed by atoms with Crippen LogP contribution in [0.4, 0.5) is 5.82 Å². The predicted octanol–water partition coefficient (Wildman–Crippen LogP) is 4.40. The predicted molar refractivity (Wildman–Crippen MR) is 99.4 cm³/mol. The highest BCUT2D eigenvalue weighted by Crippen LogP contribution is 2.40. The minimum atomic E-state index is 0.170. The molecule has 0 spiro atoms. The number of hydrogen-bond acceptors (Lipinski definition) is 4. The van der Waals surface area contributed by atoms with Gasteiger partial charge < -0.3 is 9.64 Å². The first-order valence-corrected chi connectivity index (χ1v) is 8.56. The number of benzene rings is 2. The molecule has 4 rings (SSSR count). The normalized spacial score (nSPS) is 17.0. The van der Waals surface area contributed by atoms with Gasteiger partial charge in [0, 0.05) is 17.5 Å². The summed E-state index contributed by atoms with van der Waals surface area (Å²) in [6.45, 7) is 0.949. The Hall–Kier alpha value is -2.88. The number of carbonyl (C=O) groups is 1. The maximum atomic E-state index is 11.3. The molecule has 1 atom stereocenters. The summed E-state index contributed by atoms with van der Waals surface area (Å²) in [7, 11) is 1.62. The van der Waals surface area contributed by atoms with Gasteiger partial charge in [-0.25, -0.2) is 4.98 Å². The molecule has 4 nitrogen and oxygen atoms in total. The number of para-hydroxylation sites is 2. The first-order chi connectivity index (χ1) is 12.3. The highest BCUT2D eigenvalue weighted by Gasteiger charge is 2.30. The lowest BCUT2D eigenvalue weighted by Gasteiger charge is -2.28. The van der Waals surface area contributed by atoms with Gasteiger partial charge in [-0.3, -0.25) is 4.79 Å². The van der Waals surface area contributed by atoms with E-state index in [1.54, 1.807) is 13.2 Å². The molecule has 1 fully saturated rings. The zero-order valence-corrected chi connectivity index (χ0v) is 14.2. The summed E-state index contributed by atoms with van der Waals surface area (Å²) in [5, 5.41) is 1.14. The Morgan fingerprint density at radius 3 is 2.84 bits per heavy atom. The van der Waals surface area contributed by atoms with E-state index in [2.05, 4.69) is 29.2 Å². The van der Waals surface area contributed by atoms with Crippen molar-refractivity contribution in [2.75, 3.05) is 18.6 Å². The Balaban J connectivity index is 1.76. The van der Waals surface area contributed by atoms with Gasteiger partial charge in [-0.2, -0.15) is 0 Å². The van der Waals surface area contributed by atoms with Crippen molar-refractivity contribution >= 4 is 23.0 Å². The zero-order chi connectivity index (χ0) is 17.2. The zero-order valence-electron chi connectivity index (χ0n) is 14.2.